The second-order valence-electron chi connectivity index (χ2n) is 6.93. The van der Waals surface area contributed by atoms with E-state index in [4.69, 9.17) is 0 Å². The molecule has 160 valence electrons. The van der Waals surface area contributed by atoms with Gasteiger partial charge in [0, 0.05) is 31.4 Å². The zero-order valence-corrected chi connectivity index (χ0v) is 16.4. The summed E-state index contributed by atoms with van der Waals surface area (Å²) in [5, 5.41) is 3.64. The molecular weight excluding hydrogens is 429 g/mol. The Hall–Kier alpha value is -2.76. The highest BCUT2D eigenvalue weighted by Gasteiger charge is 2.46. The van der Waals surface area contributed by atoms with Gasteiger partial charge in [0.25, 0.3) is 11.8 Å². The van der Waals surface area contributed by atoms with Crippen molar-refractivity contribution in [2.24, 2.45) is 0 Å². The molecule has 1 aliphatic rings. The van der Waals surface area contributed by atoms with Gasteiger partial charge in [0.2, 0.25) is 0 Å². The van der Waals surface area contributed by atoms with Crippen molar-refractivity contribution < 1.29 is 26.7 Å². The Bertz CT molecular complexity index is 1080. The van der Waals surface area contributed by atoms with Crippen molar-refractivity contribution in [2.45, 2.75) is 24.6 Å². The van der Waals surface area contributed by atoms with Gasteiger partial charge in [-0.3, -0.25) is 4.79 Å². The number of alkyl halides is 5. The Labute approximate surface area is 171 Å². The van der Waals surface area contributed by atoms with Gasteiger partial charge in [0.15, 0.2) is 0 Å². The van der Waals surface area contributed by atoms with Crippen LogP contribution in [-0.2, 0) is 6.18 Å². The van der Waals surface area contributed by atoms with Crippen molar-refractivity contribution in [3.8, 4) is 0 Å². The largest absolute Gasteiger partial charge is 0.417 e. The molecule has 1 unspecified atom stereocenters. The van der Waals surface area contributed by atoms with Gasteiger partial charge in [0.05, 0.1) is 34.2 Å². The number of hydrogen-bond donors (Lipinski definition) is 1. The zero-order valence-electron chi connectivity index (χ0n) is 15.6. The van der Waals surface area contributed by atoms with Crippen LogP contribution < -0.4 is 10.2 Å². The second-order valence-corrected chi connectivity index (χ2v) is 7.81. The zero-order chi connectivity index (χ0) is 21.7. The van der Waals surface area contributed by atoms with E-state index >= 15 is 0 Å². The van der Waals surface area contributed by atoms with E-state index in [1.165, 1.54) is 35.7 Å². The molecule has 30 heavy (non-hydrogen) atoms. The van der Waals surface area contributed by atoms with Crippen molar-refractivity contribution in [3.63, 3.8) is 0 Å². The predicted molar refractivity (Wildman–Crippen MR) is 101 cm³/mol. The molecule has 1 aliphatic heterocycles. The van der Waals surface area contributed by atoms with Crippen LogP contribution in [0.1, 0.15) is 28.4 Å². The number of rotatable bonds is 3. The highest BCUT2D eigenvalue weighted by Crippen LogP contribution is 2.42. The van der Waals surface area contributed by atoms with Gasteiger partial charge in [-0.15, -0.1) is 11.3 Å². The van der Waals surface area contributed by atoms with E-state index in [0.717, 1.165) is 22.3 Å². The molecule has 3 aromatic rings. The first-order valence-electron chi connectivity index (χ1n) is 8.93. The first-order chi connectivity index (χ1) is 14.1. The van der Waals surface area contributed by atoms with Crippen LogP contribution in [0.3, 0.4) is 0 Å². The number of anilines is 1. The third-order valence-corrected chi connectivity index (χ3v) is 6.06. The molecule has 4 heterocycles. The van der Waals surface area contributed by atoms with Crippen molar-refractivity contribution in [2.75, 3.05) is 25.0 Å². The summed E-state index contributed by atoms with van der Waals surface area (Å²) in [5.41, 5.74) is -1.17. The molecule has 0 spiro atoms. The van der Waals surface area contributed by atoms with E-state index in [0.29, 0.717) is 0 Å². The third-order valence-electron chi connectivity index (χ3n) is 5.06. The number of piperidine rings is 1. The molecule has 1 atom stereocenters. The Morgan fingerprint density at radius 2 is 2.13 bits per heavy atom. The lowest BCUT2D eigenvalue weighted by Gasteiger charge is -2.39. The highest BCUT2D eigenvalue weighted by molar-refractivity contribution is 7.17. The van der Waals surface area contributed by atoms with Crippen LogP contribution in [0.2, 0.25) is 0 Å². The monoisotopic (exact) mass is 445 g/mol. The fourth-order valence-electron chi connectivity index (χ4n) is 3.61. The number of aromatic nitrogens is 3. The molecule has 1 amide bonds. The highest BCUT2D eigenvalue weighted by atomic mass is 32.1. The van der Waals surface area contributed by atoms with Gasteiger partial charge in [-0.25, -0.2) is 18.7 Å². The molecule has 12 heteroatoms. The number of nitrogens with one attached hydrogen (secondary N) is 1. The lowest BCUT2D eigenvalue weighted by Crippen LogP contribution is -2.49. The Morgan fingerprint density at radius 1 is 1.37 bits per heavy atom. The van der Waals surface area contributed by atoms with Gasteiger partial charge in [-0.1, -0.05) is 0 Å². The molecule has 6 nitrogen and oxygen atoms in total. The van der Waals surface area contributed by atoms with Crippen LogP contribution in [0, 0.1) is 0 Å². The van der Waals surface area contributed by atoms with Crippen molar-refractivity contribution >= 4 is 33.3 Å². The maximum atomic E-state index is 14.8. The first kappa shape index (κ1) is 20.5. The Morgan fingerprint density at radius 3 is 2.73 bits per heavy atom. The van der Waals surface area contributed by atoms with Crippen LogP contribution in [0.4, 0.5) is 27.8 Å². The lowest BCUT2D eigenvalue weighted by molar-refractivity contribution is -0.136. The summed E-state index contributed by atoms with van der Waals surface area (Å²) in [6.45, 7) is -0.723. The number of fused-ring (bicyclic) bond motifs is 1. The maximum Gasteiger partial charge on any atom is 0.417 e. The van der Waals surface area contributed by atoms with E-state index in [-0.39, 0.29) is 34.6 Å². The summed E-state index contributed by atoms with van der Waals surface area (Å²) in [6.07, 6.45) is -0.609. The molecule has 0 aliphatic carbocycles. The topological polar surface area (TPSA) is 63.1 Å². The van der Waals surface area contributed by atoms with Crippen LogP contribution in [0.25, 0.3) is 10.2 Å². The minimum absolute atomic E-state index is 0.00360. The van der Waals surface area contributed by atoms with Crippen molar-refractivity contribution in [1.29, 1.82) is 0 Å². The van der Waals surface area contributed by atoms with Crippen molar-refractivity contribution in [3.05, 3.63) is 41.3 Å². The summed E-state index contributed by atoms with van der Waals surface area (Å²) >= 11 is 0.745. The molecular formula is C18H16F5N5OS. The number of nitrogens with zero attached hydrogens (tertiary/aromatic N) is 4. The van der Waals surface area contributed by atoms with E-state index < -0.39 is 36.2 Å². The number of halogens is 5. The summed E-state index contributed by atoms with van der Waals surface area (Å²) in [5.74, 6) is -4.04. The Balaban J connectivity index is 1.76. The number of pyridine rings is 1. The first-order valence-corrected chi connectivity index (χ1v) is 9.81. The normalized spacial score (nSPS) is 19.3. The molecule has 1 saturated heterocycles. The van der Waals surface area contributed by atoms with Gasteiger partial charge < -0.3 is 14.8 Å². The van der Waals surface area contributed by atoms with E-state index in [9.17, 15) is 26.7 Å². The maximum absolute atomic E-state index is 14.8. The molecule has 0 bridgehead atoms. The molecule has 1 fully saturated rings. The molecule has 0 aromatic carbocycles. The molecule has 3 aromatic heterocycles. The summed E-state index contributed by atoms with van der Waals surface area (Å²) in [6, 6.07) is -0.371. The average molecular weight is 445 g/mol. The van der Waals surface area contributed by atoms with Crippen molar-refractivity contribution in [1.82, 2.24) is 19.9 Å². The number of amides is 1. The summed E-state index contributed by atoms with van der Waals surface area (Å²) < 4.78 is 71.7. The number of carbonyl (C=O) groups is 1. The van der Waals surface area contributed by atoms with Gasteiger partial charge in [0.1, 0.15) is 11.9 Å². The fourth-order valence-corrected chi connectivity index (χ4v) is 4.63. The molecule has 4 rings (SSSR count). The predicted octanol–water partition coefficient (Wildman–Crippen LogP) is 3.96. The van der Waals surface area contributed by atoms with E-state index in [1.54, 1.807) is 0 Å². The minimum atomic E-state index is -4.72. The number of thiophene rings is 1. The summed E-state index contributed by atoms with van der Waals surface area (Å²) in [7, 11) is 1.35. The van der Waals surface area contributed by atoms with Crippen LogP contribution in [0.5, 0.6) is 0 Å². The SMILES string of the molecule is CNC(=O)c1csc2c(C(F)(F)F)cc(N3CCC(n4ccnc4)C(F)(F)C3)nc12. The van der Waals surface area contributed by atoms with E-state index in [2.05, 4.69) is 15.3 Å². The van der Waals surface area contributed by atoms with Gasteiger partial charge >= 0.3 is 6.18 Å². The van der Waals surface area contributed by atoms with Gasteiger partial charge in [-0.2, -0.15) is 13.2 Å². The minimum Gasteiger partial charge on any atom is -0.355 e. The summed E-state index contributed by atoms with van der Waals surface area (Å²) in [4.78, 5) is 21.1. The lowest BCUT2D eigenvalue weighted by atomic mass is 10.00. The smallest absolute Gasteiger partial charge is 0.355 e. The second kappa shape index (κ2) is 7.18. The third kappa shape index (κ3) is 3.48. The van der Waals surface area contributed by atoms with Crippen LogP contribution >= 0.6 is 11.3 Å². The van der Waals surface area contributed by atoms with Crippen LogP contribution in [0.15, 0.2) is 30.2 Å². The Kier molecular flexibility index (Phi) is 4.91. The molecule has 0 saturated carbocycles. The number of carbonyl (C=O) groups excluding carboxylic acids is 1. The average Bonchev–Trinajstić information content (AvgIpc) is 3.34. The van der Waals surface area contributed by atoms with E-state index in [1.807, 2.05) is 0 Å². The quantitative estimate of drug-likeness (QED) is 0.620. The standard InChI is InChI=1S/C18H16F5N5OS/c1-24-16(29)10-7-30-15-11(18(21,22)23)6-13(26-14(10)15)27-4-2-12(17(19,20)8-27)28-5-3-25-9-28/h3,5-7,9,12H,2,4,8H2,1H3,(H,24,29). The molecule has 1 N–H and O–H groups in total. The molecule has 0 radical (unpaired) electrons. The van der Waals surface area contributed by atoms with Gasteiger partial charge in [-0.05, 0) is 12.5 Å². The van der Waals surface area contributed by atoms with Crippen LogP contribution in [-0.4, -0.2) is 46.5 Å². The fraction of sp³-hybridized carbons (Fsp3) is 0.389. The number of hydrogen-bond acceptors (Lipinski definition) is 5. The number of imidazole rings is 1.